The molecule has 2 heterocycles. The third-order valence-electron chi connectivity index (χ3n) is 2.49. The molecule has 14 heavy (non-hydrogen) atoms. The molecule has 0 aliphatic carbocycles. The van der Waals surface area contributed by atoms with Gasteiger partial charge in [0.15, 0.2) is 0 Å². The molecule has 2 aliphatic heterocycles. The summed E-state index contributed by atoms with van der Waals surface area (Å²) in [4.78, 5) is 0. The van der Waals surface area contributed by atoms with E-state index in [1.165, 1.54) is 12.2 Å². The van der Waals surface area contributed by atoms with Crippen molar-refractivity contribution in [2.75, 3.05) is 5.75 Å². The molecular weight excluding hydrogens is 439 g/mol. The number of thioether (sulfide) groups is 2. The van der Waals surface area contributed by atoms with E-state index in [2.05, 4.69) is 37.4 Å². The van der Waals surface area contributed by atoms with Crippen LogP contribution in [0.2, 0.25) is 8.94 Å². The van der Waals surface area contributed by atoms with E-state index in [9.17, 15) is 0 Å². The van der Waals surface area contributed by atoms with Crippen LogP contribution in [0.3, 0.4) is 0 Å². The fourth-order valence-electron chi connectivity index (χ4n) is 1.76. The van der Waals surface area contributed by atoms with Crippen LogP contribution in [0.5, 0.6) is 0 Å². The minimum absolute atomic E-state index is 0.325. The van der Waals surface area contributed by atoms with Gasteiger partial charge in [0.2, 0.25) is 0 Å². The molecule has 0 radical (unpaired) electrons. The Bertz CT molecular complexity index is 201. The molecule has 2 aliphatic rings. The Labute approximate surface area is 117 Å². The Hall–Kier alpha value is 2.28. The Morgan fingerprint density at radius 3 is 2.57 bits per heavy atom. The SMILES string of the molecule is CC1C[Te]C2(CCCS1)SC(C)C[Te]2. The predicted molar refractivity (Wildman–Crippen MR) is 72.1 cm³/mol. The Balaban J connectivity index is 1.96. The third-order valence-corrected chi connectivity index (χ3v) is 21.4. The van der Waals surface area contributed by atoms with Crippen LogP contribution in [0.4, 0.5) is 0 Å². The van der Waals surface area contributed by atoms with E-state index in [0.717, 1.165) is 11.3 Å². The monoisotopic (exact) mass is 462 g/mol. The van der Waals surface area contributed by atoms with Gasteiger partial charge >= 0.3 is 118 Å². The zero-order valence-electron chi connectivity index (χ0n) is 8.82. The molecule has 2 saturated heterocycles. The maximum atomic E-state index is 2.47. The van der Waals surface area contributed by atoms with Gasteiger partial charge in [-0.05, 0) is 0 Å². The normalized spacial score (nSPS) is 45.0. The summed E-state index contributed by atoms with van der Waals surface area (Å²) in [5.41, 5.74) is 0. The number of rotatable bonds is 0. The topological polar surface area (TPSA) is 0 Å². The van der Waals surface area contributed by atoms with Crippen LogP contribution in [0, 0.1) is 0 Å². The maximum absolute atomic E-state index is 2.47. The zero-order chi connectivity index (χ0) is 10.0. The Kier molecular flexibility index (Phi) is 5.23. The van der Waals surface area contributed by atoms with Gasteiger partial charge < -0.3 is 0 Å². The van der Waals surface area contributed by atoms with Crippen LogP contribution in [-0.4, -0.2) is 58.9 Å². The summed E-state index contributed by atoms with van der Waals surface area (Å²) >= 11 is 5.35. The molecule has 0 aromatic carbocycles. The number of hydrogen-bond acceptors (Lipinski definition) is 2. The second-order valence-electron chi connectivity index (χ2n) is 4.02. The van der Waals surface area contributed by atoms with Gasteiger partial charge in [-0.1, -0.05) is 0 Å². The second kappa shape index (κ2) is 5.75. The first-order chi connectivity index (χ1) is 6.70. The van der Waals surface area contributed by atoms with Gasteiger partial charge in [0.25, 0.3) is 0 Å². The van der Waals surface area contributed by atoms with Crippen molar-refractivity contribution in [2.24, 2.45) is 0 Å². The first-order valence-corrected chi connectivity index (χ1v) is 12.8. The van der Waals surface area contributed by atoms with E-state index in [1.54, 1.807) is 15.4 Å². The molecule has 0 aromatic rings. The molecule has 0 aromatic heterocycles. The van der Waals surface area contributed by atoms with E-state index in [-0.39, 0.29) is 0 Å². The molecule has 4 heteroatoms. The van der Waals surface area contributed by atoms with Crippen LogP contribution in [0.15, 0.2) is 0 Å². The fourth-order valence-corrected chi connectivity index (χ4v) is 19.7. The summed E-state index contributed by atoms with van der Waals surface area (Å²) in [5, 5.41) is 2.00. The van der Waals surface area contributed by atoms with Crippen LogP contribution in [0.25, 0.3) is 0 Å². The molecule has 82 valence electrons. The molecule has 0 N–H and O–H groups in total. The molecule has 3 unspecified atom stereocenters. The van der Waals surface area contributed by atoms with Gasteiger partial charge in [-0.2, -0.15) is 0 Å². The summed E-state index contributed by atoms with van der Waals surface area (Å²) in [5.74, 6) is 1.44. The quantitative estimate of drug-likeness (QED) is 0.513. The van der Waals surface area contributed by atoms with Crippen molar-refractivity contribution in [3.8, 4) is 0 Å². The van der Waals surface area contributed by atoms with E-state index in [4.69, 9.17) is 0 Å². The van der Waals surface area contributed by atoms with E-state index < -0.39 is 0 Å². The summed E-state index contributed by atoms with van der Waals surface area (Å²) in [6.07, 6.45) is 3.12. The molecule has 1 spiro atoms. The third kappa shape index (κ3) is 3.38. The molecule has 3 atom stereocenters. The first-order valence-electron chi connectivity index (χ1n) is 5.27. The average Bonchev–Trinajstić information content (AvgIpc) is 2.51. The van der Waals surface area contributed by atoms with Crippen molar-refractivity contribution in [3.05, 3.63) is 0 Å². The van der Waals surface area contributed by atoms with Gasteiger partial charge in [0.05, 0.1) is 0 Å². The summed E-state index contributed by atoms with van der Waals surface area (Å²) in [6, 6.07) is 0. The first kappa shape index (κ1) is 12.7. The molecule has 0 saturated carbocycles. The summed E-state index contributed by atoms with van der Waals surface area (Å²) in [7, 11) is 0. The van der Waals surface area contributed by atoms with E-state index >= 15 is 0 Å². The predicted octanol–water partition coefficient (Wildman–Crippen LogP) is 2.94. The van der Waals surface area contributed by atoms with Gasteiger partial charge in [-0.25, -0.2) is 0 Å². The van der Waals surface area contributed by atoms with Crippen LogP contribution < -0.4 is 0 Å². The van der Waals surface area contributed by atoms with Gasteiger partial charge in [0.1, 0.15) is 0 Å². The molecule has 2 rings (SSSR count). The van der Waals surface area contributed by atoms with Crippen LogP contribution >= 0.6 is 23.5 Å². The van der Waals surface area contributed by atoms with Gasteiger partial charge in [-0.3, -0.25) is 0 Å². The molecule has 0 nitrogen and oxygen atoms in total. The molecule has 0 bridgehead atoms. The Morgan fingerprint density at radius 1 is 1.14 bits per heavy atom. The van der Waals surface area contributed by atoms with Crippen LogP contribution in [0.1, 0.15) is 26.7 Å². The van der Waals surface area contributed by atoms with Crippen molar-refractivity contribution in [1.82, 2.24) is 0 Å². The Morgan fingerprint density at radius 2 is 1.86 bits per heavy atom. The van der Waals surface area contributed by atoms with Crippen LogP contribution in [-0.2, 0) is 0 Å². The average molecular weight is 458 g/mol. The summed E-state index contributed by atoms with van der Waals surface area (Å²) in [6.45, 7) is 4.92. The van der Waals surface area contributed by atoms with Crippen molar-refractivity contribution in [2.45, 2.75) is 47.0 Å². The van der Waals surface area contributed by atoms with Crippen molar-refractivity contribution in [1.29, 1.82) is 0 Å². The van der Waals surface area contributed by atoms with E-state index in [1.807, 2.05) is 0 Å². The van der Waals surface area contributed by atoms with Gasteiger partial charge in [0, 0.05) is 0 Å². The standard InChI is InChI=1S/C10H18S2Te2/c1-8-6-13-10(4-3-5-11-8)12-9(2)7-14-10/h8-9H,3-7H2,1-2H3. The van der Waals surface area contributed by atoms with Crippen molar-refractivity contribution in [3.63, 3.8) is 0 Å². The molecule has 2 fully saturated rings. The molecular formula is C10H18S2Te2. The second-order valence-corrected chi connectivity index (χ2v) is 18.9. The zero-order valence-corrected chi connectivity index (χ0v) is 15.1. The summed E-state index contributed by atoms with van der Waals surface area (Å²) < 4.78 is 4.20. The number of hydrogen-bond donors (Lipinski definition) is 0. The fraction of sp³-hybridized carbons (Fsp3) is 1.00. The van der Waals surface area contributed by atoms with Crippen molar-refractivity contribution < 1.29 is 0 Å². The minimum atomic E-state index is 0.325. The van der Waals surface area contributed by atoms with Crippen molar-refractivity contribution >= 4 is 65.4 Å². The van der Waals surface area contributed by atoms with Gasteiger partial charge in [-0.15, -0.1) is 0 Å². The van der Waals surface area contributed by atoms with E-state index in [0.29, 0.717) is 41.8 Å². The molecule has 0 amide bonds.